The quantitative estimate of drug-likeness (QED) is 0.796. The smallest absolute Gasteiger partial charge is 0.223 e. The normalized spacial score (nSPS) is 28.9. The van der Waals surface area contributed by atoms with E-state index in [1.165, 1.54) is 38.5 Å². The number of rotatable bonds is 5. The predicted octanol–water partition coefficient (Wildman–Crippen LogP) is 2.17. The van der Waals surface area contributed by atoms with Crippen molar-refractivity contribution in [2.45, 2.75) is 57.9 Å². The van der Waals surface area contributed by atoms with Gasteiger partial charge in [-0.1, -0.05) is 13.3 Å². The van der Waals surface area contributed by atoms with Crippen molar-refractivity contribution in [3.8, 4) is 0 Å². The SMILES string of the molecule is CCC1CCC(NCCC(=O)N2CCCC2)C1. The van der Waals surface area contributed by atoms with Crippen molar-refractivity contribution in [3.05, 3.63) is 0 Å². The predicted molar refractivity (Wildman–Crippen MR) is 69.9 cm³/mol. The lowest BCUT2D eigenvalue weighted by Gasteiger charge is -2.17. The number of carbonyl (C=O) groups is 1. The molecule has 0 aromatic rings. The molecular weight excluding hydrogens is 212 g/mol. The largest absolute Gasteiger partial charge is 0.343 e. The number of hydrogen-bond acceptors (Lipinski definition) is 2. The van der Waals surface area contributed by atoms with Crippen LogP contribution in [-0.2, 0) is 4.79 Å². The summed E-state index contributed by atoms with van der Waals surface area (Å²) in [5.74, 6) is 1.27. The zero-order valence-corrected chi connectivity index (χ0v) is 11.1. The highest BCUT2D eigenvalue weighted by atomic mass is 16.2. The lowest BCUT2D eigenvalue weighted by molar-refractivity contribution is -0.130. The van der Waals surface area contributed by atoms with E-state index in [0.717, 1.165) is 25.6 Å². The van der Waals surface area contributed by atoms with Crippen molar-refractivity contribution in [1.82, 2.24) is 10.2 Å². The first-order valence-corrected chi connectivity index (χ1v) is 7.30. The summed E-state index contributed by atoms with van der Waals surface area (Å²) in [4.78, 5) is 13.8. The summed E-state index contributed by atoms with van der Waals surface area (Å²) in [5.41, 5.74) is 0. The highest BCUT2D eigenvalue weighted by Gasteiger charge is 2.23. The summed E-state index contributed by atoms with van der Waals surface area (Å²) in [6.45, 7) is 5.13. The average Bonchev–Trinajstić information content (AvgIpc) is 3.00. The fraction of sp³-hybridized carbons (Fsp3) is 0.929. The average molecular weight is 238 g/mol. The molecule has 2 unspecified atom stereocenters. The number of nitrogens with zero attached hydrogens (tertiary/aromatic N) is 1. The van der Waals surface area contributed by atoms with E-state index in [4.69, 9.17) is 0 Å². The van der Waals surface area contributed by atoms with Gasteiger partial charge >= 0.3 is 0 Å². The lowest BCUT2D eigenvalue weighted by atomic mass is 10.1. The topological polar surface area (TPSA) is 32.3 Å². The van der Waals surface area contributed by atoms with Crippen molar-refractivity contribution in [2.75, 3.05) is 19.6 Å². The summed E-state index contributed by atoms with van der Waals surface area (Å²) >= 11 is 0. The number of hydrogen-bond donors (Lipinski definition) is 1. The van der Waals surface area contributed by atoms with Gasteiger partial charge in [0.15, 0.2) is 0 Å². The van der Waals surface area contributed by atoms with Crippen LogP contribution in [-0.4, -0.2) is 36.5 Å². The van der Waals surface area contributed by atoms with E-state index in [9.17, 15) is 4.79 Å². The molecule has 1 aliphatic carbocycles. The fourth-order valence-electron chi connectivity index (χ4n) is 3.14. The summed E-state index contributed by atoms with van der Waals surface area (Å²) < 4.78 is 0. The van der Waals surface area contributed by atoms with Gasteiger partial charge in [-0.25, -0.2) is 0 Å². The number of likely N-dealkylation sites (tertiary alicyclic amines) is 1. The van der Waals surface area contributed by atoms with Crippen LogP contribution < -0.4 is 5.32 Å². The van der Waals surface area contributed by atoms with Crippen molar-refractivity contribution in [1.29, 1.82) is 0 Å². The van der Waals surface area contributed by atoms with Crippen LogP contribution in [0.15, 0.2) is 0 Å². The van der Waals surface area contributed by atoms with Crippen molar-refractivity contribution < 1.29 is 4.79 Å². The second kappa shape index (κ2) is 6.39. The van der Waals surface area contributed by atoms with Crippen LogP contribution in [0.2, 0.25) is 0 Å². The minimum Gasteiger partial charge on any atom is -0.343 e. The molecular formula is C14H26N2O. The van der Waals surface area contributed by atoms with Crippen LogP contribution in [0.5, 0.6) is 0 Å². The van der Waals surface area contributed by atoms with Crippen LogP contribution in [0.1, 0.15) is 51.9 Å². The molecule has 2 rings (SSSR count). The van der Waals surface area contributed by atoms with Gasteiger partial charge in [0.2, 0.25) is 5.91 Å². The van der Waals surface area contributed by atoms with E-state index in [2.05, 4.69) is 12.2 Å². The second-order valence-electron chi connectivity index (χ2n) is 5.58. The number of carbonyl (C=O) groups excluding carboxylic acids is 1. The zero-order valence-electron chi connectivity index (χ0n) is 11.1. The van der Waals surface area contributed by atoms with Gasteiger partial charge in [0, 0.05) is 32.1 Å². The molecule has 1 amide bonds. The number of nitrogens with one attached hydrogen (secondary N) is 1. The van der Waals surface area contributed by atoms with Gasteiger partial charge in [0.1, 0.15) is 0 Å². The summed E-state index contributed by atoms with van der Waals surface area (Å²) in [6.07, 6.45) is 8.37. The first-order valence-electron chi connectivity index (χ1n) is 7.30. The molecule has 1 N–H and O–H groups in total. The molecule has 2 atom stereocenters. The van der Waals surface area contributed by atoms with Crippen LogP contribution in [0.25, 0.3) is 0 Å². The standard InChI is InChI=1S/C14H26N2O/c1-2-12-5-6-13(11-12)15-8-7-14(17)16-9-3-4-10-16/h12-13,15H,2-11H2,1H3. The van der Waals surface area contributed by atoms with Crippen molar-refractivity contribution >= 4 is 5.91 Å². The molecule has 2 fully saturated rings. The Hall–Kier alpha value is -0.570. The van der Waals surface area contributed by atoms with Crippen LogP contribution in [0, 0.1) is 5.92 Å². The maximum atomic E-state index is 11.8. The molecule has 2 aliphatic rings. The third-order valence-electron chi connectivity index (χ3n) is 4.35. The van der Waals surface area contributed by atoms with Gasteiger partial charge in [0.25, 0.3) is 0 Å². The Kier molecular flexibility index (Phi) is 4.84. The molecule has 1 aliphatic heterocycles. The van der Waals surface area contributed by atoms with E-state index < -0.39 is 0 Å². The Morgan fingerprint density at radius 2 is 2.06 bits per heavy atom. The molecule has 1 saturated heterocycles. The van der Waals surface area contributed by atoms with Gasteiger partial charge in [-0.2, -0.15) is 0 Å². The molecule has 0 aromatic carbocycles. The Morgan fingerprint density at radius 3 is 2.71 bits per heavy atom. The Morgan fingerprint density at radius 1 is 1.29 bits per heavy atom. The summed E-state index contributed by atoms with van der Waals surface area (Å²) in [5, 5.41) is 3.55. The van der Waals surface area contributed by atoms with Gasteiger partial charge in [0.05, 0.1) is 0 Å². The van der Waals surface area contributed by atoms with Crippen molar-refractivity contribution in [2.24, 2.45) is 5.92 Å². The third-order valence-corrected chi connectivity index (χ3v) is 4.35. The minimum atomic E-state index is 0.347. The zero-order chi connectivity index (χ0) is 12.1. The van der Waals surface area contributed by atoms with Crippen molar-refractivity contribution in [3.63, 3.8) is 0 Å². The highest BCUT2D eigenvalue weighted by molar-refractivity contribution is 5.76. The van der Waals surface area contributed by atoms with Gasteiger partial charge in [-0.05, 0) is 38.0 Å². The Labute approximate surface area is 105 Å². The Balaban J connectivity index is 1.58. The molecule has 17 heavy (non-hydrogen) atoms. The molecule has 0 bridgehead atoms. The monoisotopic (exact) mass is 238 g/mol. The van der Waals surface area contributed by atoms with Gasteiger partial charge in [-0.3, -0.25) is 4.79 Å². The molecule has 0 radical (unpaired) electrons. The first-order chi connectivity index (χ1) is 8.29. The van der Waals surface area contributed by atoms with Gasteiger partial charge < -0.3 is 10.2 Å². The minimum absolute atomic E-state index is 0.347. The molecule has 0 aromatic heterocycles. The summed E-state index contributed by atoms with van der Waals surface area (Å²) in [6, 6.07) is 0.673. The van der Waals surface area contributed by atoms with E-state index in [0.29, 0.717) is 18.4 Å². The van der Waals surface area contributed by atoms with Crippen LogP contribution in [0.4, 0.5) is 0 Å². The Bertz CT molecular complexity index is 249. The first kappa shape index (κ1) is 12.9. The molecule has 98 valence electrons. The molecule has 3 nitrogen and oxygen atoms in total. The second-order valence-corrected chi connectivity index (χ2v) is 5.58. The fourth-order valence-corrected chi connectivity index (χ4v) is 3.14. The van der Waals surface area contributed by atoms with E-state index in [1.807, 2.05) is 4.90 Å². The van der Waals surface area contributed by atoms with Crippen LogP contribution in [0.3, 0.4) is 0 Å². The summed E-state index contributed by atoms with van der Waals surface area (Å²) in [7, 11) is 0. The third kappa shape index (κ3) is 3.70. The number of amides is 1. The van der Waals surface area contributed by atoms with E-state index in [1.54, 1.807) is 0 Å². The van der Waals surface area contributed by atoms with Crippen LogP contribution >= 0.6 is 0 Å². The lowest BCUT2D eigenvalue weighted by Crippen LogP contribution is -2.33. The highest BCUT2D eigenvalue weighted by Crippen LogP contribution is 2.27. The molecule has 1 saturated carbocycles. The maximum Gasteiger partial charge on any atom is 0.223 e. The van der Waals surface area contributed by atoms with E-state index >= 15 is 0 Å². The van der Waals surface area contributed by atoms with Gasteiger partial charge in [-0.15, -0.1) is 0 Å². The maximum absolute atomic E-state index is 11.8. The van der Waals surface area contributed by atoms with E-state index in [-0.39, 0.29) is 0 Å². The molecule has 0 spiro atoms. The molecule has 3 heteroatoms. The molecule has 1 heterocycles.